The summed E-state index contributed by atoms with van der Waals surface area (Å²) >= 11 is 0. The molecule has 4 nitrogen and oxygen atoms in total. The molecule has 1 aromatic carbocycles. The van der Waals surface area contributed by atoms with Crippen LogP contribution in [0.3, 0.4) is 0 Å². The Labute approximate surface area is 113 Å². The lowest BCUT2D eigenvalue weighted by Crippen LogP contribution is -2.37. The summed E-state index contributed by atoms with van der Waals surface area (Å²) < 4.78 is 0. The largest absolute Gasteiger partial charge is 0.396 e. The normalized spacial score (nSPS) is 20.9. The maximum Gasteiger partial charge on any atom is 0.0992 e. The van der Waals surface area contributed by atoms with Gasteiger partial charge in [-0.15, -0.1) is 0 Å². The van der Waals surface area contributed by atoms with Crippen LogP contribution in [0.4, 0.5) is 5.69 Å². The van der Waals surface area contributed by atoms with Gasteiger partial charge in [-0.05, 0) is 37.8 Å². The minimum Gasteiger partial charge on any atom is -0.396 e. The van der Waals surface area contributed by atoms with Gasteiger partial charge in [0.2, 0.25) is 0 Å². The lowest BCUT2D eigenvalue weighted by molar-refractivity contribution is 0.197. The Balaban J connectivity index is 2.33. The molecule has 0 saturated carbocycles. The van der Waals surface area contributed by atoms with Crippen molar-refractivity contribution in [3.05, 3.63) is 29.3 Å². The highest BCUT2D eigenvalue weighted by molar-refractivity contribution is 5.58. The number of nitriles is 1. The summed E-state index contributed by atoms with van der Waals surface area (Å²) in [7, 11) is 0. The number of hydrogen-bond donors (Lipinski definition) is 2. The molecule has 1 aliphatic heterocycles. The quantitative estimate of drug-likeness (QED) is 0.870. The van der Waals surface area contributed by atoms with Gasteiger partial charge in [0.05, 0.1) is 17.7 Å². The summed E-state index contributed by atoms with van der Waals surface area (Å²) in [5, 5.41) is 28.2. The van der Waals surface area contributed by atoms with Crippen molar-refractivity contribution in [2.45, 2.75) is 25.9 Å². The zero-order valence-electron chi connectivity index (χ0n) is 11.2. The van der Waals surface area contributed by atoms with Gasteiger partial charge in [0.15, 0.2) is 0 Å². The monoisotopic (exact) mass is 260 g/mol. The highest BCUT2D eigenvalue weighted by Gasteiger charge is 2.22. The first-order chi connectivity index (χ1) is 9.15. The van der Waals surface area contributed by atoms with Gasteiger partial charge < -0.3 is 15.1 Å². The van der Waals surface area contributed by atoms with E-state index in [1.54, 1.807) is 13.0 Å². The van der Waals surface area contributed by atoms with Gasteiger partial charge in [-0.1, -0.05) is 6.07 Å². The fourth-order valence-electron chi connectivity index (χ4n) is 2.67. The molecule has 2 N–H and O–H groups in total. The number of aliphatic hydroxyl groups is 2. The van der Waals surface area contributed by atoms with Gasteiger partial charge in [-0.3, -0.25) is 0 Å². The summed E-state index contributed by atoms with van der Waals surface area (Å²) in [5.74, 6) is 0.279. The van der Waals surface area contributed by atoms with Crippen molar-refractivity contribution >= 4 is 5.69 Å². The van der Waals surface area contributed by atoms with Crippen LogP contribution in [0.25, 0.3) is 0 Å². The third-order valence-electron chi connectivity index (χ3n) is 3.73. The molecular formula is C15H20N2O2. The molecule has 0 aliphatic carbocycles. The second kappa shape index (κ2) is 6.05. The molecule has 2 unspecified atom stereocenters. The fraction of sp³-hybridized carbons (Fsp3) is 0.533. The molecule has 0 amide bonds. The van der Waals surface area contributed by atoms with Crippen LogP contribution in [0.5, 0.6) is 0 Å². The number of anilines is 1. The van der Waals surface area contributed by atoms with Crippen LogP contribution in [0.1, 0.15) is 37.0 Å². The Hall–Kier alpha value is -1.57. The summed E-state index contributed by atoms with van der Waals surface area (Å²) in [6.45, 7) is 3.62. The van der Waals surface area contributed by atoms with Crippen molar-refractivity contribution in [3.8, 4) is 6.07 Å². The minimum atomic E-state index is -0.558. The van der Waals surface area contributed by atoms with Crippen LogP contribution in [-0.2, 0) is 0 Å². The van der Waals surface area contributed by atoms with Crippen LogP contribution in [0, 0.1) is 17.2 Å². The van der Waals surface area contributed by atoms with Crippen molar-refractivity contribution < 1.29 is 10.2 Å². The van der Waals surface area contributed by atoms with Crippen LogP contribution >= 0.6 is 0 Å². The van der Waals surface area contributed by atoms with E-state index in [2.05, 4.69) is 11.0 Å². The summed E-state index contributed by atoms with van der Waals surface area (Å²) in [6, 6.07) is 7.53. The van der Waals surface area contributed by atoms with Crippen molar-refractivity contribution in [1.82, 2.24) is 0 Å². The number of piperidine rings is 1. The van der Waals surface area contributed by atoms with Crippen LogP contribution in [0.15, 0.2) is 18.2 Å². The Morgan fingerprint density at radius 1 is 1.53 bits per heavy atom. The van der Waals surface area contributed by atoms with Gasteiger partial charge in [0.25, 0.3) is 0 Å². The zero-order valence-corrected chi connectivity index (χ0v) is 11.2. The molecule has 1 aromatic rings. The van der Waals surface area contributed by atoms with Crippen LogP contribution in [-0.4, -0.2) is 29.9 Å². The highest BCUT2D eigenvalue weighted by atomic mass is 16.3. The van der Waals surface area contributed by atoms with E-state index in [9.17, 15) is 10.2 Å². The SMILES string of the molecule is CC(O)c1ccc(C#N)cc1N1CCCC(CO)C1. The highest BCUT2D eigenvalue weighted by Crippen LogP contribution is 2.31. The van der Waals surface area contributed by atoms with Gasteiger partial charge in [0.1, 0.15) is 0 Å². The molecular weight excluding hydrogens is 240 g/mol. The van der Waals surface area contributed by atoms with E-state index in [-0.39, 0.29) is 12.5 Å². The maximum atomic E-state index is 9.86. The second-order valence-corrected chi connectivity index (χ2v) is 5.20. The topological polar surface area (TPSA) is 67.5 Å². The van der Waals surface area contributed by atoms with Gasteiger partial charge in [-0.2, -0.15) is 5.26 Å². The first-order valence-electron chi connectivity index (χ1n) is 6.73. The third-order valence-corrected chi connectivity index (χ3v) is 3.73. The number of hydrogen-bond acceptors (Lipinski definition) is 4. The average Bonchev–Trinajstić information content (AvgIpc) is 2.46. The molecule has 1 fully saturated rings. The predicted molar refractivity (Wildman–Crippen MR) is 73.8 cm³/mol. The standard InChI is InChI=1S/C15H20N2O2/c1-11(19)14-5-4-12(8-16)7-15(14)17-6-2-3-13(9-17)10-18/h4-5,7,11,13,18-19H,2-3,6,9-10H2,1H3. The van der Waals surface area contributed by atoms with E-state index >= 15 is 0 Å². The molecule has 0 bridgehead atoms. The van der Waals surface area contributed by atoms with Gasteiger partial charge >= 0.3 is 0 Å². The molecule has 0 radical (unpaired) electrons. The number of nitrogens with zero attached hydrogens (tertiary/aromatic N) is 2. The number of benzene rings is 1. The Morgan fingerprint density at radius 3 is 2.95 bits per heavy atom. The molecule has 1 heterocycles. The molecule has 0 aromatic heterocycles. The third kappa shape index (κ3) is 3.06. The van der Waals surface area contributed by atoms with Gasteiger partial charge in [0, 0.05) is 30.9 Å². The molecule has 1 saturated heterocycles. The Morgan fingerprint density at radius 2 is 2.32 bits per heavy atom. The Bertz CT molecular complexity index is 480. The molecule has 4 heteroatoms. The molecule has 1 aliphatic rings. The number of rotatable bonds is 3. The zero-order chi connectivity index (χ0) is 13.8. The molecule has 2 atom stereocenters. The van der Waals surface area contributed by atoms with Crippen molar-refractivity contribution in [1.29, 1.82) is 5.26 Å². The smallest absolute Gasteiger partial charge is 0.0992 e. The van der Waals surface area contributed by atoms with E-state index in [4.69, 9.17) is 5.26 Å². The second-order valence-electron chi connectivity index (χ2n) is 5.20. The fourth-order valence-corrected chi connectivity index (χ4v) is 2.67. The van der Waals surface area contributed by atoms with E-state index in [0.717, 1.165) is 37.2 Å². The van der Waals surface area contributed by atoms with E-state index < -0.39 is 6.10 Å². The first-order valence-corrected chi connectivity index (χ1v) is 6.73. The molecule has 0 spiro atoms. The first kappa shape index (κ1) is 13.9. The molecule has 102 valence electrons. The lowest BCUT2D eigenvalue weighted by atomic mass is 9.96. The van der Waals surface area contributed by atoms with Crippen molar-refractivity contribution in [3.63, 3.8) is 0 Å². The predicted octanol–water partition coefficient (Wildman–Crippen LogP) is 1.82. The van der Waals surface area contributed by atoms with Gasteiger partial charge in [-0.25, -0.2) is 0 Å². The van der Waals surface area contributed by atoms with E-state index in [1.807, 2.05) is 12.1 Å². The van der Waals surface area contributed by atoms with Crippen LogP contribution < -0.4 is 4.90 Å². The summed E-state index contributed by atoms with van der Waals surface area (Å²) in [6.07, 6.45) is 1.51. The molecule has 19 heavy (non-hydrogen) atoms. The Kier molecular flexibility index (Phi) is 4.41. The van der Waals surface area contributed by atoms with Crippen molar-refractivity contribution in [2.24, 2.45) is 5.92 Å². The summed E-state index contributed by atoms with van der Waals surface area (Å²) in [4.78, 5) is 2.17. The van der Waals surface area contributed by atoms with E-state index in [1.165, 1.54) is 0 Å². The average molecular weight is 260 g/mol. The minimum absolute atomic E-state index is 0.193. The van der Waals surface area contributed by atoms with Crippen LogP contribution in [0.2, 0.25) is 0 Å². The molecule has 2 rings (SSSR count). The summed E-state index contributed by atoms with van der Waals surface area (Å²) in [5.41, 5.74) is 2.37. The van der Waals surface area contributed by atoms with Crippen molar-refractivity contribution in [2.75, 3.05) is 24.6 Å². The number of aliphatic hydroxyl groups excluding tert-OH is 2. The van der Waals surface area contributed by atoms with E-state index in [0.29, 0.717) is 5.56 Å². The maximum absolute atomic E-state index is 9.86. The lowest BCUT2D eigenvalue weighted by Gasteiger charge is -2.35.